The molecule has 1 saturated carbocycles. The Bertz CT molecular complexity index is 717. The number of nitrogens with zero attached hydrogens (tertiary/aromatic N) is 2. The molecule has 0 unspecified atom stereocenters. The lowest BCUT2D eigenvalue weighted by molar-refractivity contribution is -0.0511. The second kappa shape index (κ2) is 8.67. The van der Waals surface area contributed by atoms with Crippen LogP contribution in [0.5, 0.6) is 0 Å². The van der Waals surface area contributed by atoms with E-state index in [1.165, 1.54) is 43.4 Å². The average molecular weight is 379 g/mol. The van der Waals surface area contributed by atoms with Gasteiger partial charge in [0.2, 0.25) is 0 Å². The van der Waals surface area contributed by atoms with Gasteiger partial charge in [0, 0.05) is 31.9 Å². The van der Waals surface area contributed by atoms with Crippen LogP contribution < -0.4 is 4.90 Å². The molecule has 1 aliphatic heterocycles. The van der Waals surface area contributed by atoms with Crippen molar-refractivity contribution in [3.05, 3.63) is 66.8 Å². The Balaban J connectivity index is 1.44. The van der Waals surface area contributed by atoms with E-state index in [0.717, 1.165) is 26.1 Å². The molecule has 1 aromatic carbocycles. The molecule has 28 heavy (non-hydrogen) atoms. The quantitative estimate of drug-likeness (QED) is 0.649. The SMILES string of the molecule is C=C[C@@]1(N2CCO[C@@H](c3ccc(N(C)C4CCCCC4)cc3)C2)C=CC=CC1. The molecule has 0 bridgehead atoms. The van der Waals surface area contributed by atoms with Crippen LogP contribution in [0.15, 0.2) is 61.2 Å². The van der Waals surface area contributed by atoms with Crippen LogP contribution in [-0.4, -0.2) is 43.2 Å². The summed E-state index contributed by atoms with van der Waals surface area (Å²) in [6.45, 7) is 6.75. The molecule has 150 valence electrons. The van der Waals surface area contributed by atoms with E-state index in [2.05, 4.69) is 78.1 Å². The number of hydrogen-bond donors (Lipinski definition) is 0. The van der Waals surface area contributed by atoms with Gasteiger partial charge in [0.25, 0.3) is 0 Å². The summed E-state index contributed by atoms with van der Waals surface area (Å²) < 4.78 is 6.16. The van der Waals surface area contributed by atoms with E-state index in [1.807, 2.05) is 0 Å². The molecular weight excluding hydrogens is 344 g/mol. The Morgan fingerprint density at radius 3 is 2.61 bits per heavy atom. The highest BCUT2D eigenvalue weighted by molar-refractivity contribution is 5.48. The van der Waals surface area contributed by atoms with Crippen molar-refractivity contribution >= 4 is 5.69 Å². The highest BCUT2D eigenvalue weighted by Crippen LogP contribution is 2.33. The summed E-state index contributed by atoms with van der Waals surface area (Å²) in [6.07, 6.45) is 18.8. The second-order valence-electron chi connectivity index (χ2n) is 8.49. The van der Waals surface area contributed by atoms with Gasteiger partial charge in [0.1, 0.15) is 0 Å². The first-order valence-corrected chi connectivity index (χ1v) is 10.9. The minimum atomic E-state index is -0.0715. The van der Waals surface area contributed by atoms with Gasteiger partial charge in [-0.1, -0.05) is 61.8 Å². The second-order valence-corrected chi connectivity index (χ2v) is 8.49. The van der Waals surface area contributed by atoms with Crippen molar-refractivity contribution in [2.75, 3.05) is 31.6 Å². The van der Waals surface area contributed by atoms with Crippen LogP contribution in [0.2, 0.25) is 0 Å². The van der Waals surface area contributed by atoms with Gasteiger partial charge in [-0.25, -0.2) is 0 Å². The summed E-state index contributed by atoms with van der Waals surface area (Å²) in [5, 5.41) is 0. The van der Waals surface area contributed by atoms with Crippen molar-refractivity contribution in [3.8, 4) is 0 Å². The molecule has 1 saturated heterocycles. The molecule has 1 heterocycles. The number of anilines is 1. The first kappa shape index (κ1) is 19.5. The van der Waals surface area contributed by atoms with Gasteiger partial charge in [-0.2, -0.15) is 0 Å². The van der Waals surface area contributed by atoms with Crippen molar-refractivity contribution in [2.24, 2.45) is 0 Å². The molecule has 2 aliphatic carbocycles. The van der Waals surface area contributed by atoms with E-state index in [4.69, 9.17) is 4.74 Å². The molecule has 2 atom stereocenters. The fraction of sp³-hybridized carbons (Fsp3) is 0.520. The van der Waals surface area contributed by atoms with Crippen molar-refractivity contribution in [3.63, 3.8) is 0 Å². The monoisotopic (exact) mass is 378 g/mol. The molecule has 0 aromatic heterocycles. The molecule has 2 fully saturated rings. The maximum atomic E-state index is 6.16. The largest absolute Gasteiger partial charge is 0.372 e. The smallest absolute Gasteiger partial charge is 0.0952 e. The number of ether oxygens (including phenoxy) is 1. The Labute approximate surface area is 170 Å². The van der Waals surface area contributed by atoms with Crippen molar-refractivity contribution in [2.45, 2.75) is 56.2 Å². The van der Waals surface area contributed by atoms with E-state index >= 15 is 0 Å². The molecule has 3 aliphatic rings. The third kappa shape index (κ3) is 3.97. The Morgan fingerprint density at radius 1 is 1.14 bits per heavy atom. The van der Waals surface area contributed by atoms with Crippen LogP contribution in [-0.2, 0) is 4.74 Å². The molecule has 0 radical (unpaired) electrons. The molecule has 0 spiro atoms. The Morgan fingerprint density at radius 2 is 1.93 bits per heavy atom. The molecule has 3 nitrogen and oxygen atoms in total. The highest BCUT2D eigenvalue weighted by Gasteiger charge is 2.35. The lowest BCUT2D eigenvalue weighted by atomic mass is 9.88. The van der Waals surface area contributed by atoms with Crippen LogP contribution in [0, 0.1) is 0 Å². The van der Waals surface area contributed by atoms with Crippen molar-refractivity contribution < 1.29 is 4.74 Å². The molecule has 3 heteroatoms. The summed E-state index contributed by atoms with van der Waals surface area (Å²) in [6, 6.07) is 9.78. The van der Waals surface area contributed by atoms with Gasteiger partial charge in [0.15, 0.2) is 0 Å². The molecule has 4 rings (SSSR count). The van der Waals surface area contributed by atoms with Gasteiger partial charge in [0.05, 0.1) is 18.2 Å². The predicted octanol–water partition coefficient (Wildman–Crippen LogP) is 5.27. The van der Waals surface area contributed by atoms with Gasteiger partial charge in [-0.3, -0.25) is 4.90 Å². The van der Waals surface area contributed by atoms with Crippen LogP contribution in [0.1, 0.15) is 50.2 Å². The molecular formula is C25H34N2O. The standard InChI is InChI=1S/C25H34N2O/c1-3-25(16-8-5-9-17-25)27-18-19-28-24(20-27)21-12-14-23(15-13-21)26(2)22-10-6-4-7-11-22/h3,5,8-9,12-16,22,24H,1,4,6-7,10-11,17-20H2,2H3/t24-,25-/m1/s1. The maximum Gasteiger partial charge on any atom is 0.0952 e. The Kier molecular flexibility index (Phi) is 6.03. The number of allylic oxidation sites excluding steroid dienone is 2. The third-order valence-electron chi connectivity index (χ3n) is 6.88. The summed E-state index contributed by atoms with van der Waals surface area (Å²) in [4.78, 5) is 5.00. The zero-order chi connectivity index (χ0) is 19.4. The first-order chi connectivity index (χ1) is 13.7. The maximum absolute atomic E-state index is 6.16. The zero-order valence-corrected chi connectivity index (χ0v) is 17.2. The highest BCUT2D eigenvalue weighted by atomic mass is 16.5. The normalized spacial score (nSPS) is 29.0. The van der Waals surface area contributed by atoms with E-state index in [9.17, 15) is 0 Å². The molecule has 0 N–H and O–H groups in total. The molecule has 1 aromatic rings. The number of morpholine rings is 1. The first-order valence-electron chi connectivity index (χ1n) is 10.9. The van der Waals surface area contributed by atoms with Crippen molar-refractivity contribution in [1.82, 2.24) is 4.90 Å². The molecule has 0 amide bonds. The van der Waals surface area contributed by atoms with Gasteiger partial charge < -0.3 is 9.64 Å². The lowest BCUT2D eigenvalue weighted by Gasteiger charge is -2.45. The van der Waals surface area contributed by atoms with E-state index in [0.29, 0.717) is 6.04 Å². The number of benzene rings is 1. The van der Waals surface area contributed by atoms with Crippen LogP contribution in [0.25, 0.3) is 0 Å². The fourth-order valence-corrected chi connectivity index (χ4v) is 4.97. The van der Waals surface area contributed by atoms with E-state index < -0.39 is 0 Å². The summed E-state index contributed by atoms with van der Waals surface area (Å²) in [5.74, 6) is 0. The lowest BCUT2D eigenvalue weighted by Crippen LogP contribution is -2.52. The van der Waals surface area contributed by atoms with Crippen LogP contribution >= 0.6 is 0 Å². The topological polar surface area (TPSA) is 15.7 Å². The van der Waals surface area contributed by atoms with Crippen molar-refractivity contribution in [1.29, 1.82) is 0 Å². The Hall–Kier alpha value is -1.84. The van der Waals surface area contributed by atoms with Crippen LogP contribution in [0.3, 0.4) is 0 Å². The van der Waals surface area contributed by atoms with Gasteiger partial charge in [-0.05, 0) is 37.0 Å². The summed E-state index contributed by atoms with van der Waals surface area (Å²) in [7, 11) is 2.25. The number of rotatable bonds is 5. The fourth-order valence-electron chi connectivity index (χ4n) is 4.97. The number of hydrogen-bond acceptors (Lipinski definition) is 3. The minimum Gasteiger partial charge on any atom is -0.372 e. The zero-order valence-electron chi connectivity index (χ0n) is 17.2. The van der Waals surface area contributed by atoms with Gasteiger partial charge >= 0.3 is 0 Å². The van der Waals surface area contributed by atoms with E-state index in [-0.39, 0.29) is 11.6 Å². The minimum absolute atomic E-state index is 0.0715. The summed E-state index contributed by atoms with van der Waals surface area (Å²) in [5.41, 5.74) is 2.53. The summed E-state index contributed by atoms with van der Waals surface area (Å²) >= 11 is 0. The predicted molar refractivity (Wildman–Crippen MR) is 118 cm³/mol. The third-order valence-corrected chi connectivity index (χ3v) is 6.88. The van der Waals surface area contributed by atoms with Crippen LogP contribution in [0.4, 0.5) is 5.69 Å². The van der Waals surface area contributed by atoms with Gasteiger partial charge in [-0.15, -0.1) is 6.58 Å². The average Bonchev–Trinajstić information content (AvgIpc) is 2.80. The van der Waals surface area contributed by atoms with E-state index in [1.54, 1.807) is 0 Å².